The van der Waals surface area contributed by atoms with Gasteiger partial charge in [-0.3, -0.25) is 10.3 Å². The summed E-state index contributed by atoms with van der Waals surface area (Å²) in [7, 11) is 0. The Hall–Kier alpha value is -0.540. The zero-order chi connectivity index (χ0) is 6.32. The van der Waals surface area contributed by atoms with Gasteiger partial charge in [0.1, 0.15) is 5.60 Å². The van der Waals surface area contributed by atoms with Crippen LogP contribution >= 0.6 is 0 Å². The van der Waals surface area contributed by atoms with Crippen molar-refractivity contribution >= 4 is 0 Å². The normalized spacial score (nSPS) is 29.2. The predicted molar refractivity (Wildman–Crippen MR) is 33.6 cm³/mol. The SMILES string of the molecule is CC1=CC2(CNC2)ON1. The molecule has 2 aliphatic heterocycles. The van der Waals surface area contributed by atoms with Crippen molar-refractivity contribution in [1.82, 2.24) is 10.8 Å². The van der Waals surface area contributed by atoms with Crippen molar-refractivity contribution in [2.75, 3.05) is 13.1 Å². The van der Waals surface area contributed by atoms with E-state index < -0.39 is 0 Å². The second kappa shape index (κ2) is 1.49. The molecule has 1 spiro atoms. The third-order valence-corrected chi connectivity index (χ3v) is 1.74. The van der Waals surface area contributed by atoms with E-state index in [4.69, 9.17) is 4.84 Å². The molecule has 0 unspecified atom stereocenters. The Morgan fingerprint density at radius 3 is 2.67 bits per heavy atom. The van der Waals surface area contributed by atoms with E-state index in [2.05, 4.69) is 16.9 Å². The van der Waals surface area contributed by atoms with Crippen LogP contribution in [0.15, 0.2) is 11.8 Å². The van der Waals surface area contributed by atoms with Crippen LogP contribution in [0.2, 0.25) is 0 Å². The molecule has 2 N–H and O–H groups in total. The minimum absolute atomic E-state index is 0.00405. The third kappa shape index (κ3) is 0.653. The molecule has 0 atom stereocenters. The highest BCUT2D eigenvalue weighted by Gasteiger charge is 2.39. The van der Waals surface area contributed by atoms with Gasteiger partial charge < -0.3 is 5.32 Å². The zero-order valence-corrected chi connectivity index (χ0v) is 5.40. The number of hydroxylamine groups is 1. The van der Waals surface area contributed by atoms with Crippen molar-refractivity contribution in [2.24, 2.45) is 0 Å². The van der Waals surface area contributed by atoms with Gasteiger partial charge >= 0.3 is 0 Å². The first-order valence-corrected chi connectivity index (χ1v) is 3.15. The Bertz CT molecular complexity index is 160. The largest absolute Gasteiger partial charge is 0.310 e. The van der Waals surface area contributed by atoms with Crippen molar-refractivity contribution in [1.29, 1.82) is 0 Å². The van der Waals surface area contributed by atoms with Crippen LogP contribution in [-0.4, -0.2) is 18.7 Å². The van der Waals surface area contributed by atoms with Gasteiger partial charge in [0.25, 0.3) is 0 Å². The summed E-state index contributed by atoms with van der Waals surface area (Å²) in [6.45, 7) is 3.89. The van der Waals surface area contributed by atoms with E-state index in [0.717, 1.165) is 18.8 Å². The maximum atomic E-state index is 5.28. The molecule has 0 aromatic rings. The van der Waals surface area contributed by atoms with E-state index in [-0.39, 0.29) is 5.60 Å². The Morgan fingerprint density at radius 2 is 2.44 bits per heavy atom. The molecule has 0 bridgehead atoms. The number of nitrogens with one attached hydrogen (secondary N) is 2. The van der Waals surface area contributed by atoms with E-state index >= 15 is 0 Å². The summed E-state index contributed by atoms with van der Waals surface area (Å²) in [5, 5.41) is 3.15. The fourth-order valence-corrected chi connectivity index (χ4v) is 1.18. The average Bonchev–Trinajstić information content (AvgIpc) is 2.09. The van der Waals surface area contributed by atoms with Gasteiger partial charge in [0.2, 0.25) is 0 Å². The van der Waals surface area contributed by atoms with Crippen LogP contribution in [0, 0.1) is 0 Å². The lowest BCUT2D eigenvalue weighted by molar-refractivity contribution is -0.0697. The fourth-order valence-electron chi connectivity index (χ4n) is 1.18. The highest BCUT2D eigenvalue weighted by Crippen LogP contribution is 2.23. The smallest absolute Gasteiger partial charge is 0.141 e. The van der Waals surface area contributed by atoms with Gasteiger partial charge in [-0.25, -0.2) is 0 Å². The summed E-state index contributed by atoms with van der Waals surface area (Å²) < 4.78 is 0. The Morgan fingerprint density at radius 1 is 1.67 bits per heavy atom. The van der Waals surface area contributed by atoms with Gasteiger partial charge in [0.15, 0.2) is 0 Å². The minimum Gasteiger partial charge on any atom is -0.310 e. The first kappa shape index (κ1) is 5.26. The maximum Gasteiger partial charge on any atom is 0.141 e. The molecule has 0 aromatic carbocycles. The van der Waals surface area contributed by atoms with Crippen LogP contribution in [0.4, 0.5) is 0 Å². The zero-order valence-electron chi connectivity index (χ0n) is 5.40. The molecule has 0 aromatic heterocycles. The number of hydrogen-bond acceptors (Lipinski definition) is 3. The molecule has 2 rings (SSSR count). The molecule has 2 aliphatic rings. The number of allylic oxidation sites excluding steroid dienone is 1. The van der Waals surface area contributed by atoms with Crippen molar-refractivity contribution in [3.8, 4) is 0 Å². The van der Waals surface area contributed by atoms with Crippen molar-refractivity contribution in [3.63, 3.8) is 0 Å². The third-order valence-electron chi connectivity index (χ3n) is 1.74. The highest BCUT2D eigenvalue weighted by atomic mass is 16.7. The molecular formula is C6H10N2O. The Kier molecular flexibility index (Phi) is 0.870. The quantitative estimate of drug-likeness (QED) is 0.470. The van der Waals surface area contributed by atoms with Crippen LogP contribution in [0.25, 0.3) is 0 Å². The topological polar surface area (TPSA) is 33.3 Å². The summed E-state index contributed by atoms with van der Waals surface area (Å²) in [6.07, 6.45) is 2.13. The second-order valence-electron chi connectivity index (χ2n) is 2.70. The van der Waals surface area contributed by atoms with Gasteiger partial charge in [-0.1, -0.05) is 0 Å². The summed E-state index contributed by atoms with van der Waals surface area (Å²) in [5.41, 5.74) is 3.96. The van der Waals surface area contributed by atoms with Gasteiger partial charge in [0, 0.05) is 18.8 Å². The van der Waals surface area contributed by atoms with E-state index in [9.17, 15) is 0 Å². The number of hydrogen-bond donors (Lipinski definition) is 2. The highest BCUT2D eigenvalue weighted by molar-refractivity contribution is 5.18. The van der Waals surface area contributed by atoms with Crippen LogP contribution in [-0.2, 0) is 4.84 Å². The average molecular weight is 126 g/mol. The summed E-state index contributed by atoms with van der Waals surface area (Å²) >= 11 is 0. The minimum atomic E-state index is 0.00405. The molecule has 1 fully saturated rings. The fraction of sp³-hybridized carbons (Fsp3) is 0.667. The summed E-state index contributed by atoms with van der Waals surface area (Å²) in [5.74, 6) is 0. The number of rotatable bonds is 0. The molecule has 50 valence electrons. The first-order valence-electron chi connectivity index (χ1n) is 3.15. The van der Waals surface area contributed by atoms with Crippen LogP contribution < -0.4 is 10.8 Å². The van der Waals surface area contributed by atoms with Gasteiger partial charge in [-0.05, 0) is 13.0 Å². The Balaban J connectivity index is 2.15. The second-order valence-corrected chi connectivity index (χ2v) is 2.70. The molecule has 0 amide bonds. The molecule has 0 saturated carbocycles. The lowest BCUT2D eigenvalue weighted by Gasteiger charge is -2.35. The van der Waals surface area contributed by atoms with E-state index in [1.165, 1.54) is 0 Å². The van der Waals surface area contributed by atoms with Crippen LogP contribution in [0.5, 0.6) is 0 Å². The molecular weight excluding hydrogens is 116 g/mol. The van der Waals surface area contributed by atoms with Crippen molar-refractivity contribution in [2.45, 2.75) is 12.5 Å². The van der Waals surface area contributed by atoms with E-state index in [1.54, 1.807) is 0 Å². The molecule has 0 aliphatic carbocycles. The monoisotopic (exact) mass is 126 g/mol. The lowest BCUT2D eigenvalue weighted by Crippen LogP contribution is -2.59. The molecule has 9 heavy (non-hydrogen) atoms. The van der Waals surface area contributed by atoms with Crippen LogP contribution in [0.3, 0.4) is 0 Å². The molecule has 3 nitrogen and oxygen atoms in total. The van der Waals surface area contributed by atoms with E-state index in [1.807, 2.05) is 6.92 Å². The summed E-state index contributed by atoms with van der Waals surface area (Å²) in [6, 6.07) is 0. The van der Waals surface area contributed by atoms with Crippen LogP contribution in [0.1, 0.15) is 6.92 Å². The molecule has 0 radical (unpaired) electrons. The molecule has 1 saturated heterocycles. The van der Waals surface area contributed by atoms with Gasteiger partial charge in [-0.2, -0.15) is 0 Å². The first-order chi connectivity index (χ1) is 4.31. The van der Waals surface area contributed by atoms with Gasteiger partial charge in [0.05, 0.1) is 0 Å². The molecule has 2 heterocycles. The van der Waals surface area contributed by atoms with Gasteiger partial charge in [-0.15, -0.1) is 0 Å². The van der Waals surface area contributed by atoms with E-state index in [0.29, 0.717) is 0 Å². The molecule has 3 heteroatoms. The van der Waals surface area contributed by atoms with Crippen molar-refractivity contribution in [3.05, 3.63) is 11.8 Å². The standard InChI is InChI=1S/C6H10N2O/c1-5-2-6(9-8-5)3-7-4-6/h2,7-8H,3-4H2,1H3. The van der Waals surface area contributed by atoms with Crippen molar-refractivity contribution < 1.29 is 4.84 Å². The predicted octanol–water partition coefficient (Wildman–Crippen LogP) is -0.233. The lowest BCUT2D eigenvalue weighted by atomic mass is 9.97. The summed E-state index contributed by atoms with van der Waals surface area (Å²) in [4.78, 5) is 5.28. The maximum absolute atomic E-state index is 5.28. The Labute approximate surface area is 54.0 Å².